The lowest BCUT2D eigenvalue weighted by Crippen LogP contribution is -2.21. The summed E-state index contributed by atoms with van der Waals surface area (Å²) >= 11 is 0. The van der Waals surface area contributed by atoms with E-state index in [4.69, 9.17) is 9.84 Å². The summed E-state index contributed by atoms with van der Waals surface area (Å²) in [7, 11) is 0. The van der Waals surface area contributed by atoms with Crippen LogP contribution in [0.25, 0.3) is 0 Å². The first-order valence-electron chi connectivity index (χ1n) is 14.1. The fourth-order valence-corrected chi connectivity index (χ4v) is 4.18. The standard InChI is InChI=1S/C29H54O4/c1-3-5-6-7-8-9-10-11-12-13-14-15-16-17-18-19-20-21-22-23-24-27(26-28(30)31)29(32)33-25-4-2/h18-19,27H,3-17,20-26H2,1-2H3,(H,30,31)/b19-18+. The first-order chi connectivity index (χ1) is 16.1. The van der Waals surface area contributed by atoms with Crippen molar-refractivity contribution in [3.8, 4) is 0 Å². The number of carbonyl (C=O) groups excluding carboxylic acids is 1. The summed E-state index contributed by atoms with van der Waals surface area (Å²) in [6, 6.07) is 0. The molecule has 0 saturated heterocycles. The van der Waals surface area contributed by atoms with Crippen LogP contribution in [0.5, 0.6) is 0 Å². The van der Waals surface area contributed by atoms with Crippen molar-refractivity contribution in [1.29, 1.82) is 0 Å². The van der Waals surface area contributed by atoms with Crippen molar-refractivity contribution in [3.05, 3.63) is 12.2 Å². The Morgan fingerprint density at radius 2 is 1.12 bits per heavy atom. The highest BCUT2D eigenvalue weighted by Gasteiger charge is 2.22. The third kappa shape index (κ3) is 23.6. The lowest BCUT2D eigenvalue weighted by molar-refractivity contribution is -0.153. The van der Waals surface area contributed by atoms with Gasteiger partial charge in [0.15, 0.2) is 0 Å². The minimum atomic E-state index is -0.926. The lowest BCUT2D eigenvalue weighted by atomic mass is 9.97. The molecule has 0 rings (SSSR count). The number of esters is 1. The van der Waals surface area contributed by atoms with Gasteiger partial charge >= 0.3 is 11.9 Å². The van der Waals surface area contributed by atoms with Crippen LogP contribution in [0, 0.1) is 5.92 Å². The van der Waals surface area contributed by atoms with Crippen LogP contribution < -0.4 is 0 Å². The van der Waals surface area contributed by atoms with Gasteiger partial charge in [-0.3, -0.25) is 9.59 Å². The maximum absolute atomic E-state index is 12.0. The van der Waals surface area contributed by atoms with Crippen LogP contribution in [0.15, 0.2) is 12.2 Å². The Morgan fingerprint density at radius 3 is 1.58 bits per heavy atom. The molecule has 1 N–H and O–H groups in total. The van der Waals surface area contributed by atoms with E-state index in [1.807, 2.05) is 6.92 Å². The van der Waals surface area contributed by atoms with Crippen LogP contribution in [0.1, 0.15) is 149 Å². The number of unbranched alkanes of at least 4 members (excludes halogenated alkanes) is 16. The number of rotatable bonds is 25. The number of ether oxygens (including phenoxy) is 1. The molecular weight excluding hydrogens is 412 g/mol. The van der Waals surface area contributed by atoms with Gasteiger partial charge in [0.25, 0.3) is 0 Å². The Balaban J connectivity index is 3.48. The van der Waals surface area contributed by atoms with Crippen molar-refractivity contribution in [1.82, 2.24) is 0 Å². The van der Waals surface area contributed by atoms with Crippen LogP contribution in [0.2, 0.25) is 0 Å². The molecule has 0 amide bonds. The Hall–Kier alpha value is -1.32. The van der Waals surface area contributed by atoms with Gasteiger partial charge in [0.05, 0.1) is 18.9 Å². The Bertz CT molecular complexity index is 472. The summed E-state index contributed by atoms with van der Waals surface area (Å²) in [5.74, 6) is -1.78. The van der Waals surface area contributed by atoms with Crippen molar-refractivity contribution < 1.29 is 19.4 Å². The average molecular weight is 467 g/mol. The van der Waals surface area contributed by atoms with Gasteiger partial charge in [-0.1, -0.05) is 116 Å². The maximum atomic E-state index is 12.0. The van der Waals surface area contributed by atoms with E-state index in [0.717, 1.165) is 32.1 Å². The highest BCUT2D eigenvalue weighted by molar-refractivity contribution is 5.79. The molecule has 0 aromatic rings. The summed E-state index contributed by atoms with van der Waals surface area (Å²) in [5, 5.41) is 9.01. The monoisotopic (exact) mass is 466 g/mol. The molecule has 0 bridgehead atoms. The SMILES string of the molecule is CCCCCCCCCCCCCCC/C=C/CCCCCC(CC(=O)O)C(=O)OCCC. The van der Waals surface area contributed by atoms with E-state index >= 15 is 0 Å². The van der Waals surface area contributed by atoms with E-state index in [0.29, 0.717) is 13.0 Å². The van der Waals surface area contributed by atoms with Crippen molar-refractivity contribution >= 4 is 11.9 Å². The fraction of sp³-hybridized carbons (Fsp3) is 0.862. The molecule has 0 aliphatic carbocycles. The third-order valence-electron chi connectivity index (χ3n) is 6.27. The van der Waals surface area contributed by atoms with Crippen LogP contribution in [0.3, 0.4) is 0 Å². The minimum absolute atomic E-state index is 0.123. The topological polar surface area (TPSA) is 63.6 Å². The molecule has 33 heavy (non-hydrogen) atoms. The second kappa shape index (κ2) is 25.3. The molecule has 1 atom stereocenters. The van der Waals surface area contributed by atoms with E-state index < -0.39 is 11.9 Å². The molecule has 4 heteroatoms. The Labute approximate surface area is 204 Å². The summed E-state index contributed by atoms with van der Waals surface area (Å²) < 4.78 is 5.14. The molecule has 0 aromatic carbocycles. The first-order valence-corrected chi connectivity index (χ1v) is 14.1. The molecule has 0 aromatic heterocycles. The van der Waals surface area contributed by atoms with Gasteiger partial charge in [-0.25, -0.2) is 0 Å². The predicted molar refractivity (Wildman–Crippen MR) is 140 cm³/mol. The van der Waals surface area contributed by atoms with Crippen molar-refractivity contribution in [2.24, 2.45) is 5.92 Å². The van der Waals surface area contributed by atoms with E-state index in [1.165, 1.54) is 89.9 Å². The summed E-state index contributed by atoms with van der Waals surface area (Å²) in [6.07, 6.45) is 29.3. The van der Waals surface area contributed by atoms with Crippen LogP contribution in [0.4, 0.5) is 0 Å². The van der Waals surface area contributed by atoms with Crippen LogP contribution >= 0.6 is 0 Å². The molecule has 0 saturated carbocycles. The van der Waals surface area contributed by atoms with Gasteiger partial charge in [0.2, 0.25) is 0 Å². The molecule has 194 valence electrons. The second-order valence-electron chi connectivity index (χ2n) is 9.60. The molecule has 0 aliphatic heterocycles. The predicted octanol–water partition coefficient (Wildman–Crippen LogP) is 9.02. The fourth-order valence-electron chi connectivity index (χ4n) is 4.18. The maximum Gasteiger partial charge on any atom is 0.309 e. The Kier molecular flexibility index (Phi) is 24.3. The van der Waals surface area contributed by atoms with Crippen LogP contribution in [-0.4, -0.2) is 23.7 Å². The number of hydrogen-bond acceptors (Lipinski definition) is 3. The van der Waals surface area contributed by atoms with E-state index in [1.54, 1.807) is 0 Å². The van der Waals surface area contributed by atoms with E-state index in [-0.39, 0.29) is 12.4 Å². The first kappa shape index (κ1) is 31.7. The number of carboxylic acid groups (broad SMARTS) is 1. The molecular formula is C29H54O4. The van der Waals surface area contributed by atoms with Crippen molar-refractivity contribution in [2.45, 2.75) is 149 Å². The molecule has 0 spiro atoms. The number of aliphatic carboxylic acids is 1. The molecule has 4 nitrogen and oxygen atoms in total. The average Bonchev–Trinajstić information content (AvgIpc) is 2.80. The van der Waals surface area contributed by atoms with Crippen molar-refractivity contribution in [2.75, 3.05) is 6.61 Å². The molecule has 0 radical (unpaired) electrons. The molecule has 0 heterocycles. The van der Waals surface area contributed by atoms with Gasteiger partial charge < -0.3 is 9.84 Å². The second-order valence-corrected chi connectivity index (χ2v) is 9.60. The zero-order chi connectivity index (χ0) is 24.4. The van der Waals surface area contributed by atoms with E-state index in [2.05, 4.69) is 19.1 Å². The number of carboxylic acids is 1. The zero-order valence-corrected chi connectivity index (χ0v) is 22.0. The third-order valence-corrected chi connectivity index (χ3v) is 6.27. The smallest absolute Gasteiger partial charge is 0.309 e. The van der Waals surface area contributed by atoms with Gasteiger partial charge in [-0.2, -0.15) is 0 Å². The van der Waals surface area contributed by atoms with Crippen LogP contribution in [-0.2, 0) is 14.3 Å². The highest BCUT2D eigenvalue weighted by atomic mass is 16.5. The highest BCUT2D eigenvalue weighted by Crippen LogP contribution is 2.17. The van der Waals surface area contributed by atoms with Gasteiger partial charge in [-0.15, -0.1) is 0 Å². The molecule has 0 aliphatic rings. The Morgan fingerprint density at radius 1 is 0.667 bits per heavy atom. The lowest BCUT2D eigenvalue weighted by Gasteiger charge is -2.13. The normalized spacial score (nSPS) is 12.3. The quantitative estimate of drug-likeness (QED) is 0.0828. The molecule has 1 unspecified atom stereocenters. The minimum Gasteiger partial charge on any atom is -0.481 e. The van der Waals surface area contributed by atoms with E-state index in [9.17, 15) is 9.59 Å². The number of allylic oxidation sites excluding steroid dienone is 2. The number of hydrogen-bond donors (Lipinski definition) is 1. The van der Waals surface area contributed by atoms with Crippen molar-refractivity contribution in [3.63, 3.8) is 0 Å². The van der Waals surface area contributed by atoms with Gasteiger partial charge in [0, 0.05) is 0 Å². The largest absolute Gasteiger partial charge is 0.481 e. The van der Waals surface area contributed by atoms with Gasteiger partial charge in [-0.05, 0) is 38.5 Å². The molecule has 0 fully saturated rings. The summed E-state index contributed by atoms with van der Waals surface area (Å²) in [6.45, 7) is 4.59. The van der Waals surface area contributed by atoms with Gasteiger partial charge in [0.1, 0.15) is 0 Å². The zero-order valence-electron chi connectivity index (χ0n) is 22.0. The summed E-state index contributed by atoms with van der Waals surface area (Å²) in [5.41, 5.74) is 0. The summed E-state index contributed by atoms with van der Waals surface area (Å²) in [4.78, 5) is 23.0. The number of carbonyl (C=O) groups is 2.